The molecule has 0 atom stereocenters. The normalized spacial score (nSPS) is 10.9. The van der Waals surface area contributed by atoms with Gasteiger partial charge in [-0.3, -0.25) is 10.1 Å². The van der Waals surface area contributed by atoms with Crippen LogP contribution in [0.2, 0.25) is 0 Å². The van der Waals surface area contributed by atoms with Gasteiger partial charge in [-0.05, 0) is 41.3 Å². The molecular formula is C19H18FN3O2. The second-order valence-corrected chi connectivity index (χ2v) is 6.04. The predicted molar refractivity (Wildman–Crippen MR) is 92.6 cm³/mol. The van der Waals surface area contributed by atoms with E-state index in [1.54, 1.807) is 0 Å². The number of amides is 1. The molecule has 3 aromatic rings. The zero-order chi connectivity index (χ0) is 17.8. The fourth-order valence-corrected chi connectivity index (χ4v) is 2.35. The van der Waals surface area contributed by atoms with Crippen molar-refractivity contribution in [2.24, 2.45) is 0 Å². The Morgan fingerprint density at radius 3 is 2.40 bits per heavy atom. The van der Waals surface area contributed by atoms with E-state index in [4.69, 9.17) is 4.42 Å². The first kappa shape index (κ1) is 16.8. The van der Waals surface area contributed by atoms with Gasteiger partial charge in [0.05, 0.1) is 6.42 Å². The van der Waals surface area contributed by atoms with Crippen LogP contribution in [0.1, 0.15) is 30.9 Å². The second-order valence-electron chi connectivity index (χ2n) is 6.04. The first-order valence-electron chi connectivity index (χ1n) is 7.99. The molecule has 0 bridgehead atoms. The lowest BCUT2D eigenvalue weighted by molar-refractivity contribution is -0.115. The van der Waals surface area contributed by atoms with Gasteiger partial charge < -0.3 is 4.42 Å². The number of nitrogens with one attached hydrogen (secondary N) is 1. The number of nitrogens with zero attached hydrogens (tertiary/aromatic N) is 2. The Hall–Kier alpha value is -3.02. The van der Waals surface area contributed by atoms with Crippen LogP contribution >= 0.6 is 0 Å². The van der Waals surface area contributed by atoms with E-state index in [0.717, 1.165) is 5.56 Å². The summed E-state index contributed by atoms with van der Waals surface area (Å²) in [6, 6.07) is 13.6. The van der Waals surface area contributed by atoms with Crippen molar-refractivity contribution in [3.05, 3.63) is 65.5 Å². The molecule has 2 aromatic carbocycles. The maximum absolute atomic E-state index is 12.9. The van der Waals surface area contributed by atoms with Gasteiger partial charge in [-0.25, -0.2) is 4.39 Å². The third-order valence-corrected chi connectivity index (χ3v) is 3.77. The zero-order valence-corrected chi connectivity index (χ0v) is 14.0. The summed E-state index contributed by atoms with van der Waals surface area (Å²) in [5.41, 5.74) is 2.71. The van der Waals surface area contributed by atoms with E-state index < -0.39 is 0 Å². The molecule has 1 amide bonds. The van der Waals surface area contributed by atoms with Gasteiger partial charge in [0.15, 0.2) is 0 Å². The van der Waals surface area contributed by atoms with Crippen LogP contribution in [0, 0.1) is 5.82 Å². The van der Waals surface area contributed by atoms with E-state index in [2.05, 4.69) is 29.4 Å². The summed E-state index contributed by atoms with van der Waals surface area (Å²) in [5.74, 6) is 0.0784. The molecule has 0 aliphatic heterocycles. The molecule has 6 heteroatoms. The molecule has 25 heavy (non-hydrogen) atoms. The van der Waals surface area contributed by atoms with Gasteiger partial charge in [-0.15, -0.1) is 5.10 Å². The zero-order valence-electron chi connectivity index (χ0n) is 14.0. The fraction of sp³-hybridized carbons (Fsp3) is 0.211. The smallest absolute Gasteiger partial charge is 0.322 e. The predicted octanol–water partition coefficient (Wildman–Crippen LogP) is 4.18. The number of halogens is 1. The SMILES string of the molecule is CC(C)c1ccc(CC(=O)Nc2nnc(-c3ccc(F)cc3)o2)cc1. The monoisotopic (exact) mass is 339 g/mol. The van der Waals surface area contributed by atoms with Crippen molar-refractivity contribution < 1.29 is 13.6 Å². The van der Waals surface area contributed by atoms with Crippen molar-refractivity contribution in [2.45, 2.75) is 26.2 Å². The molecule has 0 aliphatic carbocycles. The van der Waals surface area contributed by atoms with Crippen LogP contribution in [0.25, 0.3) is 11.5 Å². The Labute approximate surface area is 144 Å². The summed E-state index contributed by atoms with van der Waals surface area (Å²) in [4.78, 5) is 12.1. The highest BCUT2D eigenvalue weighted by molar-refractivity contribution is 5.90. The van der Waals surface area contributed by atoms with Crippen LogP contribution in [-0.2, 0) is 11.2 Å². The Bertz CT molecular complexity index is 855. The number of aromatic nitrogens is 2. The summed E-state index contributed by atoms with van der Waals surface area (Å²) in [7, 11) is 0. The molecule has 0 radical (unpaired) electrons. The molecule has 0 saturated heterocycles. The second kappa shape index (κ2) is 7.25. The Balaban J connectivity index is 1.62. The van der Waals surface area contributed by atoms with E-state index in [1.807, 2.05) is 24.3 Å². The molecule has 1 heterocycles. The molecule has 1 aromatic heterocycles. The van der Waals surface area contributed by atoms with Gasteiger partial charge in [0.1, 0.15) is 5.82 Å². The molecule has 0 spiro atoms. The van der Waals surface area contributed by atoms with E-state index in [-0.39, 0.29) is 30.1 Å². The summed E-state index contributed by atoms with van der Waals surface area (Å²) in [6.07, 6.45) is 0.215. The first-order valence-corrected chi connectivity index (χ1v) is 7.99. The van der Waals surface area contributed by atoms with E-state index in [0.29, 0.717) is 11.5 Å². The number of hydrogen-bond donors (Lipinski definition) is 1. The lowest BCUT2D eigenvalue weighted by Gasteiger charge is -2.06. The number of benzene rings is 2. The molecule has 0 aliphatic rings. The average molecular weight is 339 g/mol. The fourth-order valence-electron chi connectivity index (χ4n) is 2.35. The molecule has 0 fully saturated rings. The van der Waals surface area contributed by atoms with Crippen molar-refractivity contribution in [2.75, 3.05) is 5.32 Å². The third kappa shape index (κ3) is 4.29. The number of hydrogen-bond acceptors (Lipinski definition) is 4. The molecule has 0 unspecified atom stereocenters. The summed E-state index contributed by atoms with van der Waals surface area (Å²) >= 11 is 0. The van der Waals surface area contributed by atoms with Gasteiger partial charge in [-0.2, -0.15) is 0 Å². The highest BCUT2D eigenvalue weighted by atomic mass is 19.1. The lowest BCUT2D eigenvalue weighted by Crippen LogP contribution is -2.14. The van der Waals surface area contributed by atoms with Crippen LogP contribution < -0.4 is 5.32 Å². The van der Waals surface area contributed by atoms with Crippen LogP contribution in [0.15, 0.2) is 52.9 Å². The molecule has 1 N–H and O–H groups in total. The highest BCUT2D eigenvalue weighted by Gasteiger charge is 2.12. The topological polar surface area (TPSA) is 68.0 Å². The Morgan fingerprint density at radius 2 is 1.76 bits per heavy atom. The molecule has 3 rings (SSSR count). The average Bonchev–Trinajstić information content (AvgIpc) is 3.04. The van der Waals surface area contributed by atoms with Crippen molar-refractivity contribution in [1.29, 1.82) is 0 Å². The highest BCUT2D eigenvalue weighted by Crippen LogP contribution is 2.20. The van der Waals surface area contributed by atoms with Gasteiger partial charge in [0, 0.05) is 5.56 Å². The number of carbonyl (C=O) groups excluding carboxylic acids is 1. The van der Waals surface area contributed by atoms with E-state index >= 15 is 0 Å². The molecule has 5 nitrogen and oxygen atoms in total. The van der Waals surface area contributed by atoms with Crippen LogP contribution in [0.5, 0.6) is 0 Å². The van der Waals surface area contributed by atoms with Crippen molar-refractivity contribution in [3.63, 3.8) is 0 Å². The number of carbonyl (C=O) groups is 1. The number of rotatable bonds is 5. The summed E-state index contributed by atoms with van der Waals surface area (Å²) in [5, 5.41) is 10.2. The first-order chi connectivity index (χ1) is 12.0. The maximum Gasteiger partial charge on any atom is 0.322 e. The minimum Gasteiger partial charge on any atom is -0.403 e. The Kier molecular flexibility index (Phi) is 4.88. The third-order valence-electron chi connectivity index (χ3n) is 3.77. The van der Waals surface area contributed by atoms with Crippen LogP contribution in [0.3, 0.4) is 0 Å². The number of anilines is 1. The lowest BCUT2D eigenvalue weighted by atomic mass is 10.0. The maximum atomic E-state index is 12.9. The van der Waals surface area contributed by atoms with Crippen LogP contribution in [-0.4, -0.2) is 16.1 Å². The summed E-state index contributed by atoms with van der Waals surface area (Å²) < 4.78 is 18.3. The molecular weight excluding hydrogens is 321 g/mol. The van der Waals surface area contributed by atoms with E-state index in [1.165, 1.54) is 29.8 Å². The van der Waals surface area contributed by atoms with Gasteiger partial charge in [-0.1, -0.05) is 43.2 Å². The minimum absolute atomic E-state index is 0.0168. The van der Waals surface area contributed by atoms with Gasteiger partial charge in [0.2, 0.25) is 11.8 Å². The standard InChI is InChI=1S/C19H18FN3O2/c1-12(2)14-5-3-13(4-6-14)11-17(24)21-19-23-22-18(25-19)15-7-9-16(20)10-8-15/h3-10,12H,11H2,1-2H3,(H,21,23,24). The minimum atomic E-state index is -0.347. The summed E-state index contributed by atoms with van der Waals surface area (Å²) in [6.45, 7) is 4.24. The van der Waals surface area contributed by atoms with Crippen LogP contribution in [0.4, 0.5) is 10.4 Å². The van der Waals surface area contributed by atoms with Crippen molar-refractivity contribution >= 4 is 11.9 Å². The van der Waals surface area contributed by atoms with Crippen molar-refractivity contribution in [1.82, 2.24) is 10.2 Å². The van der Waals surface area contributed by atoms with Crippen molar-refractivity contribution in [3.8, 4) is 11.5 Å². The van der Waals surface area contributed by atoms with E-state index in [9.17, 15) is 9.18 Å². The molecule has 128 valence electrons. The van der Waals surface area contributed by atoms with Gasteiger partial charge in [0.25, 0.3) is 0 Å². The Morgan fingerprint density at radius 1 is 1.08 bits per heavy atom. The van der Waals surface area contributed by atoms with Gasteiger partial charge >= 0.3 is 6.01 Å². The largest absolute Gasteiger partial charge is 0.403 e. The molecule has 0 saturated carbocycles. The quantitative estimate of drug-likeness (QED) is 0.757.